The van der Waals surface area contributed by atoms with Crippen molar-refractivity contribution in [1.82, 2.24) is 0 Å². The predicted octanol–water partition coefficient (Wildman–Crippen LogP) is 2.14. The van der Waals surface area contributed by atoms with Crippen molar-refractivity contribution in [2.75, 3.05) is 11.5 Å². The quantitative estimate of drug-likeness (QED) is 0.598. The van der Waals surface area contributed by atoms with Crippen LogP contribution in [0.25, 0.3) is 0 Å². The van der Waals surface area contributed by atoms with E-state index in [1.807, 2.05) is 0 Å². The zero-order chi connectivity index (χ0) is 17.0. The van der Waals surface area contributed by atoms with Gasteiger partial charge in [0, 0.05) is 0 Å². The van der Waals surface area contributed by atoms with Gasteiger partial charge in [-0.15, -0.1) is 23.5 Å². The molecule has 0 aromatic heterocycles. The van der Waals surface area contributed by atoms with Crippen molar-refractivity contribution in [3.63, 3.8) is 0 Å². The Balaban J connectivity index is 0.00000196. The molecule has 134 valence electrons. The fraction of sp³-hybridized carbons (Fsp3) is 0.182. The largest absolute Gasteiger partial charge is 1.00 e. The standard InChI is InChI=1S/C22H22PS2.ClH/c1-4-11-19(12-5-1)23(20-13-6-2-7-14-20,21-15-8-3-9-16-21)22-24-17-10-18-25-22;/h1-9,11-16,22H,10,17-18H2;1H/q+1;/p-1. The van der Waals surface area contributed by atoms with E-state index >= 15 is 0 Å². The number of benzene rings is 3. The number of hydrogen-bond acceptors (Lipinski definition) is 2. The van der Waals surface area contributed by atoms with Crippen LogP contribution in [0.4, 0.5) is 0 Å². The monoisotopic (exact) mass is 416 g/mol. The molecule has 0 saturated carbocycles. The maximum Gasteiger partial charge on any atom is 0.174 e. The van der Waals surface area contributed by atoms with Gasteiger partial charge in [-0.25, -0.2) is 0 Å². The van der Waals surface area contributed by atoms with E-state index in [4.69, 9.17) is 0 Å². The van der Waals surface area contributed by atoms with Crippen LogP contribution in [0.5, 0.6) is 0 Å². The maximum atomic E-state index is 2.35. The van der Waals surface area contributed by atoms with Crippen molar-refractivity contribution < 1.29 is 12.4 Å². The first kappa shape index (κ1) is 19.8. The fourth-order valence-corrected chi connectivity index (χ4v) is 13.8. The molecule has 4 heteroatoms. The van der Waals surface area contributed by atoms with Crippen LogP contribution in [0.3, 0.4) is 0 Å². The summed E-state index contributed by atoms with van der Waals surface area (Å²) in [5.41, 5.74) is 0. The molecule has 1 fully saturated rings. The topological polar surface area (TPSA) is 0 Å². The third-order valence-electron chi connectivity index (χ3n) is 4.62. The summed E-state index contributed by atoms with van der Waals surface area (Å²) < 4.78 is 0.591. The molecule has 0 N–H and O–H groups in total. The zero-order valence-electron chi connectivity index (χ0n) is 14.5. The van der Waals surface area contributed by atoms with Gasteiger partial charge in [-0.2, -0.15) is 0 Å². The van der Waals surface area contributed by atoms with E-state index in [-0.39, 0.29) is 12.4 Å². The van der Waals surface area contributed by atoms with Crippen molar-refractivity contribution in [1.29, 1.82) is 0 Å². The highest BCUT2D eigenvalue weighted by molar-refractivity contribution is 8.30. The lowest BCUT2D eigenvalue weighted by Crippen LogP contribution is -3.00. The van der Waals surface area contributed by atoms with Gasteiger partial charge in [0.15, 0.2) is 4.32 Å². The van der Waals surface area contributed by atoms with Gasteiger partial charge in [0.25, 0.3) is 0 Å². The van der Waals surface area contributed by atoms with Crippen molar-refractivity contribution in [3.05, 3.63) is 91.0 Å². The molecular formula is C22H22ClPS2. The average molecular weight is 417 g/mol. The van der Waals surface area contributed by atoms with Gasteiger partial charge in [0.1, 0.15) is 23.2 Å². The summed E-state index contributed by atoms with van der Waals surface area (Å²) in [7, 11) is -1.70. The fourth-order valence-electron chi connectivity index (χ4n) is 3.50. The third-order valence-corrected chi connectivity index (χ3v) is 13.8. The molecule has 0 unspecified atom stereocenters. The Kier molecular flexibility index (Phi) is 7.12. The summed E-state index contributed by atoms with van der Waals surface area (Å²) in [6.07, 6.45) is 1.32. The molecule has 0 radical (unpaired) electrons. The van der Waals surface area contributed by atoms with E-state index in [2.05, 4.69) is 115 Å². The summed E-state index contributed by atoms with van der Waals surface area (Å²) in [5, 5.41) is 4.50. The van der Waals surface area contributed by atoms with Crippen molar-refractivity contribution >= 4 is 46.7 Å². The van der Waals surface area contributed by atoms with Crippen molar-refractivity contribution in [2.24, 2.45) is 0 Å². The summed E-state index contributed by atoms with van der Waals surface area (Å²) in [6, 6.07) is 33.7. The molecule has 0 bridgehead atoms. The molecule has 0 nitrogen and oxygen atoms in total. The lowest BCUT2D eigenvalue weighted by atomic mass is 10.4. The zero-order valence-corrected chi connectivity index (χ0v) is 17.8. The molecule has 1 saturated heterocycles. The molecule has 0 spiro atoms. The van der Waals surface area contributed by atoms with Crippen LogP contribution in [0.2, 0.25) is 0 Å². The predicted molar refractivity (Wildman–Crippen MR) is 118 cm³/mol. The van der Waals surface area contributed by atoms with Crippen LogP contribution >= 0.6 is 30.8 Å². The maximum absolute atomic E-state index is 2.35. The smallest absolute Gasteiger partial charge is 0.174 e. The molecule has 0 amide bonds. The number of thioether (sulfide) groups is 2. The first-order valence-electron chi connectivity index (χ1n) is 8.71. The lowest BCUT2D eigenvalue weighted by molar-refractivity contribution is -0.00000470. The van der Waals surface area contributed by atoms with Crippen LogP contribution in [0.15, 0.2) is 91.0 Å². The summed E-state index contributed by atoms with van der Waals surface area (Å²) in [4.78, 5) is 0. The lowest BCUT2D eigenvalue weighted by Gasteiger charge is -2.35. The van der Waals surface area contributed by atoms with Crippen molar-refractivity contribution in [3.8, 4) is 0 Å². The summed E-state index contributed by atoms with van der Waals surface area (Å²) in [6.45, 7) is 0. The Morgan fingerprint density at radius 2 is 0.923 bits per heavy atom. The first-order chi connectivity index (χ1) is 12.4. The number of rotatable bonds is 4. The van der Waals surface area contributed by atoms with Crippen LogP contribution in [-0.2, 0) is 0 Å². The molecule has 3 aromatic rings. The van der Waals surface area contributed by atoms with Gasteiger partial charge in [-0.05, 0) is 54.3 Å². The minimum absolute atomic E-state index is 0. The van der Waals surface area contributed by atoms with Gasteiger partial charge in [-0.1, -0.05) is 54.6 Å². The molecule has 26 heavy (non-hydrogen) atoms. The number of hydrogen-bond donors (Lipinski definition) is 0. The van der Waals surface area contributed by atoms with Crippen LogP contribution < -0.4 is 28.3 Å². The second kappa shape index (κ2) is 9.33. The number of halogens is 1. The molecule has 0 aliphatic carbocycles. The third kappa shape index (κ3) is 3.71. The minimum atomic E-state index is -1.70. The summed E-state index contributed by atoms with van der Waals surface area (Å²) >= 11 is 4.33. The molecule has 1 aliphatic heterocycles. The Morgan fingerprint density at radius 3 is 1.27 bits per heavy atom. The van der Waals surface area contributed by atoms with E-state index in [1.54, 1.807) is 0 Å². The molecule has 3 aromatic carbocycles. The van der Waals surface area contributed by atoms with Crippen molar-refractivity contribution in [2.45, 2.75) is 10.7 Å². The first-order valence-corrected chi connectivity index (χ1v) is 12.7. The highest BCUT2D eigenvalue weighted by Crippen LogP contribution is 2.67. The van der Waals surface area contributed by atoms with Crippen LogP contribution in [-0.4, -0.2) is 15.8 Å². The van der Waals surface area contributed by atoms with Gasteiger partial charge in [0.2, 0.25) is 0 Å². The molecule has 0 atom stereocenters. The highest BCUT2D eigenvalue weighted by atomic mass is 35.5. The summed E-state index contributed by atoms with van der Waals surface area (Å²) in [5.74, 6) is 2.54. The van der Waals surface area contributed by atoms with Gasteiger partial charge in [-0.3, -0.25) is 0 Å². The van der Waals surface area contributed by atoms with E-state index in [0.717, 1.165) is 0 Å². The SMILES string of the molecule is [Cl-].c1ccc([P+](c2ccccc2)(c2ccccc2)C2SCCCS2)cc1. The molecule has 4 rings (SSSR count). The average Bonchev–Trinajstić information content (AvgIpc) is 2.72. The van der Waals surface area contributed by atoms with E-state index in [1.165, 1.54) is 33.8 Å². The molecular weight excluding hydrogens is 395 g/mol. The van der Waals surface area contributed by atoms with Gasteiger partial charge < -0.3 is 12.4 Å². The minimum Gasteiger partial charge on any atom is -1.00 e. The van der Waals surface area contributed by atoms with E-state index in [0.29, 0.717) is 4.32 Å². The Labute approximate surface area is 171 Å². The molecule has 1 heterocycles. The second-order valence-corrected chi connectivity index (χ2v) is 13.1. The Bertz CT molecular complexity index is 693. The van der Waals surface area contributed by atoms with Gasteiger partial charge in [0.05, 0.1) is 0 Å². The second-order valence-electron chi connectivity index (χ2n) is 6.13. The van der Waals surface area contributed by atoms with Crippen LogP contribution in [0, 0.1) is 0 Å². The van der Waals surface area contributed by atoms with E-state index in [9.17, 15) is 0 Å². The molecule has 1 aliphatic rings. The van der Waals surface area contributed by atoms with Crippen LogP contribution in [0.1, 0.15) is 6.42 Å². The Morgan fingerprint density at radius 1 is 0.577 bits per heavy atom. The van der Waals surface area contributed by atoms with Gasteiger partial charge >= 0.3 is 0 Å². The highest BCUT2D eigenvalue weighted by Gasteiger charge is 2.53. The Hall–Kier alpha value is -0.920. The normalized spacial score (nSPS) is 15.2. The van der Waals surface area contributed by atoms with E-state index < -0.39 is 7.26 Å².